The van der Waals surface area contributed by atoms with Crippen LogP contribution in [0.2, 0.25) is 5.02 Å². The maximum absolute atomic E-state index is 10.7. The molecule has 3 aromatic rings. The van der Waals surface area contributed by atoms with Gasteiger partial charge < -0.3 is 9.84 Å². The third-order valence-corrected chi connectivity index (χ3v) is 5.37. The lowest BCUT2D eigenvalue weighted by Gasteiger charge is -2.15. The standard InChI is InChI=1S/C17H15ClO2S/c1-10-9-21-17(15(10)18)16(19)13-7-8-14(20-2)12-6-4-3-5-11(12)13/h3-9,16,19H,1-2H3. The van der Waals surface area contributed by atoms with Crippen molar-refractivity contribution in [2.24, 2.45) is 0 Å². The Morgan fingerprint density at radius 2 is 1.86 bits per heavy atom. The van der Waals surface area contributed by atoms with E-state index in [0.717, 1.165) is 32.5 Å². The van der Waals surface area contributed by atoms with Crippen LogP contribution in [-0.4, -0.2) is 12.2 Å². The largest absolute Gasteiger partial charge is 0.496 e. The fourth-order valence-corrected chi connectivity index (χ4v) is 3.78. The molecule has 0 amide bonds. The topological polar surface area (TPSA) is 29.5 Å². The minimum absolute atomic E-state index is 0.646. The lowest BCUT2D eigenvalue weighted by Crippen LogP contribution is -2.00. The summed E-state index contributed by atoms with van der Waals surface area (Å²) in [4.78, 5) is 0.782. The zero-order valence-electron chi connectivity index (χ0n) is 11.8. The van der Waals surface area contributed by atoms with E-state index in [9.17, 15) is 5.11 Å². The minimum Gasteiger partial charge on any atom is -0.496 e. The highest BCUT2D eigenvalue weighted by molar-refractivity contribution is 7.10. The Labute approximate surface area is 132 Å². The van der Waals surface area contributed by atoms with Crippen LogP contribution in [0.5, 0.6) is 5.75 Å². The van der Waals surface area contributed by atoms with Gasteiger partial charge in [-0.2, -0.15) is 0 Å². The number of hydrogen-bond acceptors (Lipinski definition) is 3. The monoisotopic (exact) mass is 318 g/mol. The van der Waals surface area contributed by atoms with Crippen molar-refractivity contribution in [3.05, 3.63) is 62.8 Å². The molecule has 2 aromatic carbocycles. The Hall–Kier alpha value is -1.55. The maximum Gasteiger partial charge on any atom is 0.126 e. The first kappa shape index (κ1) is 14.4. The van der Waals surface area contributed by atoms with Crippen molar-refractivity contribution >= 4 is 33.7 Å². The van der Waals surface area contributed by atoms with Gasteiger partial charge in [-0.25, -0.2) is 0 Å². The summed E-state index contributed by atoms with van der Waals surface area (Å²) >= 11 is 7.77. The molecule has 0 spiro atoms. The maximum atomic E-state index is 10.7. The van der Waals surface area contributed by atoms with Crippen LogP contribution in [0.3, 0.4) is 0 Å². The van der Waals surface area contributed by atoms with E-state index >= 15 is 0 Å². The first-order chi connectivity index (χ1) is 10.1. The average Bonchev–Trinajstić information content (AvgIpc) is 2.85. The van der Waals surface area contributed by atoms with Crippen LogP contribution in [0.4, 0.5) is 0 Å². The molecule has 2 nitrogen and oxygen atoms in total. The number of methoxy groups -OCH3 is 1. The quantitative estimate of drug-likeness (QED) is 0.740. The summed E-state index contributed by atoms with van der Waals surface area (Å²) < 4.78 is 5.39. The SMILES string of the molecule is COc1ccc(C(O)c2scc(C)c2Cl)c2ccccc12. The summed E-state index contributed by atoms with van der Waals surface area (Å²) in [5.41, 5.74) is 1.84. The normalized spacial score (nSPS) is 12.6. The summed E-state index contributed by atoms with van der Waals surface area (Å²) in [7, 11) is 1.65. The summed E-state index contributed by atoms with van der Waals surface area (Å²) in [5, 5.41) is 15.3. The number of benzene rings is 2. The number of fused-ring (bicyclic) bond motifs is 1. The fourth-order valence-electron chi connectivity index (χ4n) is 2.49. The number of thiophene rings is 1. The number of hydrogen-bond donors (Lipinski definition) is 1. The van der Waals surface area contributed by atoms with E-state index in [4.69, 9.17) is 16.3 Å². The van der Waals surface area contributed by atoms with E-state index in [1.165, 1.54) is 11.3 Å². The fraction of sp³-hybridized carbons (Fsp3) is 0.176. The second-order valence-corrected chi connectivity index (χ2v) is 6.19. The molecule has 0 radical (unpaired) electrons. The van der Waals surface area contributed by atoms with Crippen LogP contribution in [0, 0.1) is 6.92 Å². The zero-order chi connectivity index (χ0) is 15.0. The Morgan fingerprint density at radius 1 is 1.14 bits per heavy atom. The third-order valence-electron chi connectivity index (χ3n) is 3.61. The molecule has 21 heavy (non-hydrogen) atoms. The highest BCUT2D eigenvalue weighted by Gasteiger charge is 2.20. The van der Waals surface area contributed by atoms with Gasteiger partial charge in [0.2, 0.25) is 0 Å². The van der Waals surface area contributed by atoms with E-state index in [-0.39, 0.29) is 0 Å². The molecule has 0 bridgehead atoms. The molecule has 3 rings (SSSR count). The van der Waals surface area contributed by atoms with Crippen molar-refractivity contribution in [1.29, 1.82) is 0 Å². The van der Waals surface area contributed by atoms with E-state index in [0.29, 0.717) is 5.02 Å². The number of aliphatic hydroxyl groups is 1. The Bertz CT molecular complexity index is 795. The van der Waals surface area contributed by atoms with Gasteiger partial charge in [0.25, 0.3) is 0 Å². The van der Waals surface area contributed by atoms with Gasteiger partial charge in [0.1, 0.15) is 11.9 Å². The summed E-state index contributed by atoms with van der Waals surface area (Å²) in [6.45, 7) is 1.95. The van der Waals surface area contributed by atoms with Crippen molar-refractivity contribution in [1.82, 2.24) is 0 Å². The predicted octanol–water partition coefficient (Wildman–Crippen LogP) is 4.95. The molecule has 0 aliphatic carbocycles. The number of aryl methyl sites for hydroxylation is 1. The molecule has 1 N–H and O–H groups in total. The van der Waals surface area contributed by atoms with Crippen LogP contribution >= 0.6 is 22.9 Å². The molecule has 108 valence electrons. The van der Waals surface area contributed by atoms with Gasteiger partial charge in [-0.15, -0.1) is 11.3 Å². The predicted molar refractivity (Wildman–Crippen MR) is 88.6 cm³/mol. The Morgan fingerprint density at radius 3 is 2.48 bits per heavy atom. The molecule has 4 heteroatoms. The summed E-state index contributed by atoms with van der Waals surface area (Å²) in [5.74, 6) is 0.801. The molecule has 1 heterocycles. The molecule has 1 unspecified atom stereocenters. The van der Waals surface area contributed by atoms with Gasteiger partial charge in [-0.1, -0.05) is 41.9 Å². The van der Waals surface area contributed by atoms with E-state index in [2.05, 4.69) is 0 Å². The molecule has 1 aromatic heterocycles. The molecule has 0 aliphatic rings. The third kappa shape index (κ3) is 2.42. The van der Waals surface area contributed by atoms with Crippen LogP contribution in [0.1, 0.15) is 22.1 Å². The lowest BCUT2D eigenvalue weighted by atomic mass is 9.98. The lowest BCUT2D eigenvalue weighted by molar-refractivity contribution is 0.225. The highest BCUT2D eigenvalue weighted by Crippen LogP contribution is 2.39. The molecular weight excluding hydrogens is 304 g/mol. The van der Waals surface area contributed by atoms with Crippen molar-refractivity contribution in [2.45, 2.75) is 13.0 Å². The van der Waals surface area contributed by atoms with Crippen molar-refractivity contribution in [3.63, 3.8) is 0 Å². The molecular formula is C17H15ClO2S. The Balaban J connectivity index is 2.19. The van der Waals surface area contributed by atoms with Gasteiger partial charge in [0, 0.05) is 5.39 Å². The smallest absolute Gasteiger partial charge is 0.126 e. The molecule has 0 aliphatic heterocycles. The number of rotatable bonds is 3. The summed E-state index contributed by atoms with van der Waals surface area (Å²) in [6.07, 6.45) is -0.730. The van der Waals surface area contributed by atoms with Gasteiger partial charge >= 0.3 is 0 Å². The molecule has 0 saturated carbocycles. The highest BCUT2D eigenvalue weighted by atomic mass is 35.5. The molecule has 0 saturated heterocycles. The summed E-state index contributed by atoms with van der Waals surface area (Å²) in [6, 6.07) is 11.7. The first-order valence-corrected chi connectivity index (χ1v) is 7.86. The van der Waals surface area contributed by atoms with Crippen LogP contribution in [0.15, 0.2) is 41.8 Å². The van der Waals surface area contributed by atoms with Gasteiger partial charge in [0.15, 0.2) is 0 Å². The number of ether oxygens (including phenoxy) is 1. The second-order valence-electron chi connectivity index (χ2n) is 4.90. The van der Waals surface area contributed by atoms with E-state index < -0.39 is 6.10 Å². The van der Waals surface area contributed by atoms with Gasteiger partial charge in [0.05, 0.1) is 17.0 Å². The average molecular weight is 319 g/mol. The first-order valence-electron chi connectivity index (χ1n) is 6.60. The van der Waals surface area contributed by atoms with E-state index in [1.807, 2.05) is 48.7 Å². The van der Waals surface area contributed by atoms with E-state index in [1.54, 1.807) is 7.11 Å². The van der Waals surface area contributed by atoms with Gasteiger partial charge in [-0.05, 0) is 34.9 Å². The van der Waals surface area contributed by atoms with Crippen LogP contribution < -0.4 is 4.74 Å². The minimum atomic E-state index is -0.730. The van der Waals surface area contributed by atoms with Crippen LogP contribution in [0.25, 0.3) is 10.8 Å². The molecule has 0 fully saturated rings. The number of aliphatic hydroxyl groups excluding tert-OH is 1. The number of halogens is 1. The molecule has 1 atom stereocenters. The van der Waals surface area contributed by atoms with Crippen molar-refractivity contribution in [2.75, 3.05) is 7.11 Å². The second kappa shape index (κ2) is 5.68. The van der Waals surface area contributed by atoms with Gasteiger partial charge in [-0.3, -0.25) is 0 Å². The zero-order valence-corrected chi connectivity index (χ0v) is 13.3. The van der Waals surface area contributed by atoms with Crippen molar-refractivity contribution < 1.29 is 9.84 Å². The Kier molecular flexibility index (Phi) is 3.89. The van der Waals surface area contributed by atoms with Crippen LogP contribution in [-0.2, 0) is 0 Å². The van der Waals surface area contributed by atoms with Crippen molar-refractivity contribution in [3.8, 4) is 5.75 Å².